The summed E-state index contributed by atoms with van der Waals surface area (Å²) in [5.74, 6) is 0. The number of sulfonamides is 1. The van der Waals surface area contributed by atoms with Gasteiger partial charge in [0.05, 0.1) is 17.2 Å². The lowest BCUT2D eigenvalue weighted by molar-refractivity contribution is 0.141. The van der Waals surface area contributed by atoms with Crippen LogP contribution in [-0.2, 0) is 21.3 Å². The lowest BCUT2D eigenvalue weighted by Crippen LogP contribution is -2.46. The van der Waals surface area contributed by atoms with Crippen molar-refractivity contribution >= 4 is 33.2 Å². The first kappa shape index (κ1) is 18.7. The molecular formula is C13H20Cl2N2O3S. The van der Waals surface area contributed by atoms with Crippen LogP contribution in [0.1, 0.15) is 19.4 Å². The van der Waals surface area contributed by atoms with Crippen LogP contribution in [-0.4, -0.2) is 34.7 Å². The van der Waals surface area contributed by atoms with E-state index in [9.17, 15) is 8.42 Å². The zero-order valence-electron chi connectivity index (χ0n) is 12.5. The van der Waals surface area contributed by atoms with Crippen molar-refractivity contribution in [3.8, 4) is 0 Å². The van der Waals surface area contributed by atoms with E-state index in [0.717, 1.165) is 0 Å². The molecule has 1 aromatic carbocycles. The maximum Gasteiger partial charge on any atom is 0.242 e. The van der Waals surface area contributed by atoms with E-state index in [4.69, 9.17) is 27.9 Å². The lowest BCUT2D eigenvalue weighted by atomic mass is 10.1. The Bertz CT molecular complexity index is 604. The first-order valence-electron chi connectivity index (χ1n) is 6.28. The van der Waals surface area contributed by atoms with Crippen LogP contribution in [0, 0.1) is 0 Å². The maximum absolute atomic E-state index is 12.5. The van der Waals surface area contributed by atoms with E-state index in [-0.39, 0.29) is 16.5 Å². The van der Waals surface area contributed by atoms with Crippen molar-refractivity contribution in [2.24, 2.45) is 0 Å². The van der Waals surface area contributed by atoms with Crippen LogP contribution in [0.5, 0.6) is 0 Å². The highest BCUT2D eigenvalue weighted by Crippen LogP contribution is 2.30. The molecule has 8 heteroatoms. The summed E-state index contributed by atoms with van der Waals surface area (Å²) in [4.78, 5) is -0.0360. The van der Waals surface area contributed by atoms with Crippen LogP contribution < -0.4 is 10.0 Å². The Morgan fingerprint density at radius 1 is 1.29 bits per heavy atom. The van der Waals surface area contributed by atoms with Crippen LogP contribution in [0.4, 0.5) is 0 Å². The van der Waals surface area contributed by atoms with Crippen molar-refractivity contribution in [2.45, 2.75) is 30.8 Å². The van der Waals surface area contributed by atoms with Gasteiger partial charge in [-0.05, 0) is 38.6 Å². The third-order valence-corrected chi connectivity index (χ3v) is 5.15. The van der Waals surface area contributed by atoms with Crippen LogP contribution >= 0.6 is 23.2 Å². The molecule has 0 saturated carbocycles. The SMILES string of the molecule is CNCc1cc(Cl)cc(S(=O)(=O)NC(C)(C)COC)c1Cl. The van der Waals surface area contributed by atoms with Gasteiger partial charge < -0.3 is 10.1 Å². The summed E-state index contributed by atoms with van der Waals surface area (Å²) in [6.45, 7) is 4.10. The number of hydrogen-bond donors (Lipinski definition) is 2. The molecular weight excluding hydrogens is 335 g/mol. The fourth-order valence-electron chi connectivity index (χ4n) is 1.94. The predicted octanol–water partition coefficient (Wildman–Crippen LogP) is 2.42. The third-order valence-electron chi connectivity index (χ3n) is 2.65. The molecule has 0 aliphatic heterocycles. The van der Waals surface area contributed by atoms with E-state index >= 15 is 0 Å². The summed E-state index contributed by atoms with van der Waals surface area (Å²) in [5.41, 5.74) is -0.140. The molecule has 0 bridgehead atoms. The molecule has 0 saturated heterocycles. The van der Waals surface area contributed by atoms with Gasteiger partial charge in [0.15, 0.2) is 0 Å². The number of ether oxygens (including phenoxy) is 1. The highest BCUT2D eigenvalue weighted by Gasteiger charge is 2.28. The molecule has 0 spiro atoms. The molecule has 2 N–H and O–H groups in total. The van der Waals surface area contributed by atoms with Gasteiger partial charge in [-0.25, -0.2) is 13.1 Å². The van der Waals surface area contributed by atoms with Crippen LogP contribution in [0.15, 0.2) is 17.0 Å². The van der Waals surface area contributed by atoms with E-state index < -0.39 is 15.6 Å². The van der Waals surface area contributed by atoms with Crippen LogP contribution in [0.2, 0.25) is 10.0 Å². The molecule has 0 aromatic heterocycles. The first-order valence-corrected chi connectivity index (χ1v) is 8.52. The fraction of sp³-hybridized carbons (Fsp3) is 0.538. The molecule has 0 atom stereocenters. The smallest absolute Gasteiger partial charge is 0.242 e. The Labute approximate surface area is 136 Å². The molecule has 0 amide bonds. The van der Waals surface area contributed by atoms with Crippen molar-refractivity contribution in [3.63, 3.8) is 0 Å². The van der Waals surface area contributed by atoms with Gasteiger partial charge in [0.25, 0.3) is 0 Å². The Balaban J connectivity index is 3.25. The summed E-state index contributed by atoms with van der Waals surface area (Å²) in [6.07, 6.45) is 0. The van der Waals surface area contributed by atoms with Crippen molar-refractivity contribution in [1.29, 1.82) is 0 Å². The maximum atomic E-state index is 12.5. The monoisotopic (exact) mass is 354 g/mol. The summed E-state index contributed by atoms with van der Waals surface area (Å²) >= 11 is 12.2. The van der Waals surface area contributed by atoms with Gasteiger partial charge in [-0.15, -0.1) is 0 Å². The topological polar surface area (TPSA) is 67.4 Å². The van der Waals surface area contributed by atoms with Gasteiger partial charge in [0.1, 0.15) is 4.90 Å². The molecule has 1 rings (SSSR count). The third kappa shape index (κ3) is 5.09. The molecule has 0 fully saturated rings. The van der Waals surface area contributed by atoms with Gasteiger partial charge in [-0.3, -0.25) is 0 Å². The number of rotatable bonds is 7. The van der Waals surface area contributed by atoms with Gasteiger partial charge in [0.2, 0.25) is 10.0 Å². The zero-order chi connectivity index (χ0) is 16.3. The summed E-state index contributed by atoms with van der Waals surface area (Å²) < 4.78 is 32.6. The molecule has 0 aliphatic rings. The second-order valence-corrected chi connectivity index (χ2v) is 7.79. The number of hydrogen-bond acceptors (Lipinski definition) is 4. The Morgan fingerprint density at radius 3 is 2.43 bits per heavy atom. The van der Waals surface area contributed by atoms with Gasteiger partial charge in [0, 0.05) is 18.7 Å². The number of halogens is 2. The highest BCUT2D eigenvalue weighted by molar-refractivity contribution is 7.89. The highest BCUT2D eigenvalue weighted by atomic mass is 35.5. The molecule has 1 aromatic rings. The number of methoxy groups -OCH3 is 1. The molecule has 0 heterocycles. The minimum absolute atomic E-state index is 0.0360. The van der Waals surface area contributed by atoms with E-state index in [1.54, 1.807) is 27.0 Å². The second kappa shape index (κ2) is 7.26. The molecule has 0 unspecified atom stereocenters. The lowest BCUT2D eigenvalue weighted by Gasteiger charge is -2.25. The average molecular weight is 355 g/mol. The van der Waals surface area contributed by atoms with Gasteiger partial charge in [-0.1, -0.05) is 23.2 Å². The molecule has 0 aliphatic carbocycles. The molecule has 120 valence electrons. The normalized spacial score (nSPS) is 12.7. The summed E-state index contributed by atoms with van der Waals surface area (Å²) in [6, 6.07) is 2.98. The van der Waals surface area contributed by atoms with Gasteiger partial charge >= 0.3 is 0 Å². The Hall–Kier alpha value is -0.370. The van der Waals surface area contributed by atoms with Crippen LogP contribution in [0.25, 0.3) is 0 Å². The van der Waals surface area contributed by atoms with Crippen molar-refractivity contribution in [3.05, 3.63) is 27.7 Å². The summed E-state index contributed by atoms with van der Waals surface area (Å²) in [5, 5.41) is 3.40. The van der Waals surface area contributed by atoms with Crippen molar-refractivity contribution in [2.75, 3.05) is 20.8 Å². The first-order chi connectivity index (χ1) is 9.63. The van der Waals surface area contributed by atoms with Crippen molar-refractivity contribution < 1.29 is 13.2 Å². The largest absolute Gasteiger partial charge is 0.383 e. The minimum Gasteiger partial charge on any atom is -0.383 e. The predicted molar refractivity (Wildman–Crippen MR) is 85.5 cm³/mol. The second-order valence-electron chi connectivity index (χ2n) is 5.33. The minimum atomic E-state index is -3.81. The van der Waals surface area contributed by atoms with Crippen molar-refractivity contribution in [1.82, 2.24) is 10.0 Å². The summed E-state index contributed by atoms with van der Waals surface area (Å²) in [7, 11) is -0.560. The van der Waals surface area contributed by atoms with E-state index in [0.29, 0.717) is 17.1 Å². The van der Waals surface area contributed by atoms with Crippen LogP contribution in [0.3, 0.4) is 0 Å². The number of nitrogens with one attached hydrogen (secondary N) is 2. The molecule has 5 nitrogen and oxygen atoms in total. The van der Waals surface area contributed by atoms with Gasteiger partial charge in [-0.2, -0.15) is 0 Å². The van der Waals surface area contributed by atoms with E-state index in [1.807, 2.05) is 0 Å². The van der Waals surface area contributed by atoms with E-state index in [2.05, 4.69) is 10.0 Å². The van der Waals surface area contributed by atoms with E-state index in [1.165, 1.54) is 13.2 Å². The molecule has 0 radical (unpaired) electrons. The Morgan fingerprint density at radius 2 is 1.90 bits per heavy atom. The molecule has 21 heavy (non-hydrogen) atoms. The zero-order valence-corrected chi connectivity index (χ0v) is 14.8. The number of benzene rings is 1. The fourth-order valence-corrected chi connectivity index (χ4v) is 4.27. The average Bonchev–Trinajstić information content (AvgIpc) is 2.31. The standard InChI is InChI=1S/C13H20Cl2N2O3S/c1-13(2,8-20-4)17-21(18,19)11-6-10(14)5-9(7-16-3)12(11)15/h5-6,16-17H,7-8H2,1-4H3. The Kier molecular flexibility index (Phi) is 6.46. The quantitative estimate of drug-likeness (QED) is 0.788.